The van der Waals surface area contributed by atoms with E-state index in [2.05, 4.69) is 36.5 Å². The summed E-state index contributed by atoms with van der Waals surface area (Å²) < 4.78 is 5.91. The first kappa shape index (κ1) is 18.7. The van der Waals surface area contributed by atoms with E-state index in [9.17, 15) is 4.79 Å². The second kappa shape index (κ2) is 8.17. The highest BCUT2D eigenvalue weighted by atomic mass is 16.4. The first-order valence-electron chi connectivity index (χ1n) is 10.3. The molecular formula is C24H28N2O2. The van der Waals surface area contributed by atoms with Crippen molar-refractivity contribution < 1.29 is 9.21 Å². The van der Waals surface area contributed by atoms with Crippen LogP contribution in [0.25, 0.3) is 11.5 Å². The van der Waals surface area contributed by atoms with E-state index in [-0.39, 0.29) is 5.91 Å². The number of hydrogen-bond acceptors (Lipinski definition) is 3. The van der Waals surface area contributed by atoms with E-state index in [1.165, 1.54) is 29.6 Å². The molecule has 0 atom stereocenters. The largest absolute Gasteiger partial charge is 0.441 e. The minimum Gasteiger partial charge on any atom is -0.441 e. The third kappa shape index (κ3) is 4.44. The molecule has 4 rings (SSSR count). The summed E-state index contributed by atoms with van der Waals surface area (Å²) in [5, 5.41) is 3.18. The number of aryl methyl sites for hydroxylation is 2. The van der Waals surface area contributed by atoms with E-state index in [4.69, 9.17) is 9.40 Å². The Hall–Kier alpha value is -2.62. The van der Waals surface area contributed by atoms with Crippen molar-refractivity contribution in [1.82, 2.24) is 10.3 Å². The molecule has 0 radical (unpaired) electrons. The molecule has 1 aromatic carbocycles. The van der Waals surface area contributed by atoms with Crippen LogP contribution in [0.1, 0.15) is 55.5 Å². The zero-order valence-corrected chi connectivity index (χ0v) is 16.8. The summed E-state index contributed by atoms with van der Waals surface area (Å²) in [5.74, 6) is 1.69. The lowest BCUT2D eigenvalue weighted by Crippen LogP contribution is -2.32. The molecule has 2 aromatic rings. The molecule has 0 saturated heterocycles. The second-order valence-corrected chi connectivity index (χ2v) is 8.08. The number of oxazole rings is 1. The number of nitrogens with one attached hydrogen (secondary N) is 1. The molecular weight excluding hydrogens is 348 g/mol. The van der Waals surface area contributed by atoms with Gasteiger partial charge in [-0.25, -0.2) is 4.98 Å². The normalized spacial score (nSPS) is 16.9. The van der Waals surface area contributed by atoms with Crippen LogP contribution < -0.4 is 5.32 Å². The van der Waals surface area contributed by atoms with Gasteiger partial charge in [-0.1, -0.05) is 48.3 Å². The van der Waals surface area contributed by atoms with E-state index >= 15 is 0 Å². The number of amides is 1. The van der Waals surface area contributed by atoms with Crippen LogP contribution in [-0.2, 0) is 11.2 Å². The predicted octanol–water partition coefficient (Wildman–Crippen LogP) is 5.21. The first-order chi connectivity index (χ1) is 13.6. The number of benzene rings is 1. The molecule has 1 saturated carbocycles. The number of allylic oxidation sites excluding steroid dienone is 3. The van der Waals surface area contributed by atoms with Gasteiger partial charge in [0, 0.05) is 24.4 Å². The summed E-state index contributed by atoms with van der Waals surface area (Å²) in [6.45, 7) is 4.04. The van der Waals surface area contributed by atoms with Gasteiger partial charge in [0.1, 0.15) is 5.76 Å². The Morgan fingerprint density at radius 1 is 1.25 bits per heavy atom. The molecule has 1 N–H and O–H groups in total. The first-order valence-corrected chi connectivity index (χ1v) is 10.3. The average Bonchev–Trinajstić information content (AvgIpc) is 3.39. The maximum atomic E-state index is 12.3. The summed E-state index contributed by atoms with van der Waals surface area (Å²) in [4.78, 5) is 17.0. The molecule has 0 spiro atoms. The summed E-state index contributed by atoms with van der Waals surface area (Å²) in [5.41, 5.74) is 5.57. The van der Waals surface area contributed by atoms with Crippen molar-refractivity contribution in [2.24, 2.45) is 0 Å². The van der Waals surface area contributed by atoms with E-state index < -0.39 is 0 Å². The third-order valence-corrected chi connectivity index (χ3v) is 5.65. The van der Waals surface area contributed by atoms with E-state index in [0.29, 0.717) is 18.4 Å². The van der Waals surface area contributed by atoms with Gasteiger partial charge in [0.25, 0.3) is 0 Å². The van der Waals surface area contributed by atoms with E-state index in [1.807, 2.05) is 19.1 Å². The SMILES string of the molecule is Cc1cccc(-c2nc(CC3=CCC(CC(=O)NC4CCCC4)=C3)c(C)o2)c1. The fraction of sp³-hybridized carbons (Fsp3) is 0.417. The van der Waals surface area contributed by atoms with Gasteiger partial charge >= 0.3 is 0 Å². The lowest BCUT2D eigenvalue weighted by molar-refractivity contribution is -0.121. The maximum Gasteiger partial charge on any atom is 0.226 e. The Morgan fingerprint density at radius 2 is 2.07 bits per heavy atom. The number of carbonyl (C=O) groups excluding carboxylic acids is 1. The van der Waals surface area contributed by atoms with Gasteiger partial charge in [0.15, 0.2) is 0 Å². The van der Waals surface area contributed by atoms with Crippen LogP contribution in [0.5, 0.6) is 0 Å². The van der Waals surface area contributed by atoms with Crippen molar-refractivity contribution >= 4 is 5.91 Å². The van der Waals surface area contributed by atoms with Crippen molar-refractivity contribution in [1.29, 1.82) is 0 Å². The maximum absolute atomic E-state index is 12.3. The number of carbonyl (C=O) groups is 1. The summed E-state index contributed by atoms with van der Waals surface area (Å²) in [7, 11) is 0. The van der Waals surface area contributed by atoms with Gasteiger partial charge in [-0.15, -0.1) is 0 Å². The van der Waals surface area contributed by atoms with Crippen molar-refractivity contribution in [2.75, 3.05) is 0 Å². The Morgan fingerprint density at radius 3 is 2.86 bits per heavy atom. The summed E-state index contributed by atoms with van der Waals surface area (Å²) >= 11 is 0. The smallest absolute Gasteiger partial charge is 0.226 e. The molecule has 1 heterocycles. The molecule has 2 aliphatic rings. The van der Waals surface area contributed by atoms with Crippen molar-refractivity contribution in [2.45, 2.75) is 64.8 Å². The van der Waals surface area contributed by atoms with Gasteiger partial charge < -0.3 is 9.73 Å². The fourth-order valence-electron chi connectivity index (χ4n) is 4.13. The van der Waals surface area contributed by atoms with Gasteiger partial charge in [-0.05, 0) is 50.8 Å². The lowest BCUT2D eigenvalue weighted by atomic mass is 10.1. The van der Waals surface area contributed by atoms with Gasteiger partial charge in [-0.3, -0.25) is 4.79 Å². The predicted molar refractivity (Wildman–Crippen MR) is 111 cm³/mol. The Labute approximate surface area is 166 Å². The summed E-state index contributed by atoms with van der Waals surface area (Å²) in [6.07, 6.45) is 11.2. The Bertz CT molecular complexity index is 930. The minimum atomic E-state index is 0.159. The molecule has 1 fully saturated rings. The van der Waals surface area contributed by atoms with E-state index in [1.54, 1.807) is 0 Å². The van der Waals surface area contributed by atoms with Gasteiger partial charge in [-0.2, -0.15) is 0 Å². The van der Waals surface area contributed by atoms with Crippen LogP contribution in [-0.4, -0.2) is 16.9 Å². The molecule has 146 valence electrons. The molecule has 1 aromatic heterocycles. The highest BCUT2D eigenvalue weighted by molar-refractivity contribution is 5.79. The zero-order valence-electron chi connectivity index (χ0n) is 16.8. The van der Waals surface area contributed by atoms with Crippen LogP contribution in [0.2, 0.25) is 0 Å². The summed E-state index contributed by atoms with van der Waals surface area (Å²) in [6, 6.07) is 8.59. The number of hydrogen-bond donors (Lipinski definition) is 1. The van der Waals surface area contributed by atoms with Crippen LogP contribution >= 0.6 is 0 Å². The molecule has 2 aliphatic carbocycles. The quantitative estimate of drug-likeness (QED) is 0.753. The molecule has 0 aliphatic heterocycles. The number of nitrogens with zero attached hydrogens (tertiary/aromatic N) is 1. The molecule has 28 heavy (non-hydrogen) atoms. The second-order valence-electron chi connectivity index (χ2n) is 8.08. The Balaban J connectivity index is 1.37. The molecule has 4 nitrogen and oxygen atoms in total. The van der Waals surface area contributed by atoms with Crippen LogP contribution in [0, 0.1) is 13.8 Å². The molecule has 0 bridgehead atoms. The molecule has 4 heteroatoms. The minimum absolute atomic E-state index is 0.159. The van der Waals surface area contributed by atoms with Crippen molar-refractivity contribution in [3.8, 4) is 11.5 Å². The van der Waals surface area contributed by atoms with Gasteiger partial charge in [0.05, 0.1) is 5.69 Å². The van der Waals surface area contributed by atoms with Crippen molar-refractivity contribution in [3.05, 3.63) is 64.6 Å². The van der Waals surface area contributed by atoms with Gasteiger partial charge in [0.2, 0.25) is 11.8 Å². The standard InChI is InChI=1S/C24H28N2O2/c1-16-6-5-7-20(12-16)24-26-22(17(2)28-24)14-18-10-11-19(13-18)15-23(27)25-21-8-3-4-9-21/h5-7,10,12-13,21H,3-4,8-9,11,14-15H2,1-2H3,(H,25,27). The monoisotopic (exact) mass is 376 g/mol. The highest BCUT2D eigenvalue weighted by Gasteiger charge is 2.19. The number of rotatable bonds is 6. The lowest BCUT2D eigenvalue weighted by Gasteiger charge is -2.11. The van der Waals surface area contributed by atoms with Crippen LogP contribution in [0.4, 0.5) is 0 Å². The zero-order chi connectivity index (χ0) is 19.5. The third-order valence-electron chi connectivity index (χ3n) is 5.65. The van der Waals surface area contributed by atoms with E-state index in [0.717, 1.165) is 42.7 Å². The highest BCUT2D eigenvalue weighted by Crippen LogP contribution is 2.27. The molecule has 0 unspecified atom stereocenters. The molecule has 1 amide bonds. The topological polar surface area (TPSA) is 55.1 Å². The Kier molecular flexibility index (Phi) is 5.47. The number of aromatic nitrogens is 1. The van der Waals surface area contributed by atoms with Crippen molar-refractivity contribution in [3.63, 3.8) is 0 Å². The average molecular weight is 377 g/mol. The van der Waals surface area contributed by atoms with Crippen LogP contribution in [0.3, 0.4) is 0 Å². The fourth-order valence-corrected chi connectivity index (χ4v) is 4.13. The van der Waals surface area contributed by atoms with Crippen LogP contribution in [0.15, 0.2) is 52.0 Å².